The molecule has 3 nitrogen and oxygen atoms in total. The molecule has 0 spiro atoms. The minimum atomic E-state index is 0.0443. The maximum absolute atomic E-state index is 11.8. The van der Waals surface area contributed by atoms with E-state index >= 15 is 0 Å². The second kappa shape index (κ2) is 4.63. The van der Waals surface area contributed by atoms with E-state index in [0.29, 0.717) is 0 Å². The van der Waals surface area contributed by atoms with Crippen LogP contribution in [-0.4, -0.2) is 10.5 Å². The molecule has 1 aliphatic rings. The molecule has 1 heterocycles. The van der Waals surface area contributed by atoms with Gasteiger partial charge in [0.05, 0.1) is 10.2 Å². The third-order valence-electron chi connectivity index (χ3n) is 3.09. The molecule has 0 radical (unpaired) electrons. The molecule has 3 rings (SSSR count). The number of hydrogen-bond acceptors (Lipinski definition) is 2. The van der Waals surface area contributed by atoms with Crippen LogP contribution in [0.1, 0.15) is 19.8 Å². The highest BCUT2D eigenvalue weighted by Crippen LogP contribution is 2.30. The Hall–Kier alpha value is -0.940. The summed E-state index contributed by atoms with van der Waals surface area (Å²) < 4.78 is 4.32. The molecule has 1 aromatic carbocycles. The summed E-state index contributed by atoms with van der Waals surface area (Å²) in [6, 6.07) is 6.17. The van der Waals surface area contributed by atoms with Gasteiger partial charge in [0.25, 0.3) is 5.91 Å². The molecular weight excluding hydrogens is 312 g/mol. The fourth-order valence-corrected chi connectivity index (χ4v) is 3.61. The molecule has 1 amide bonds. The first-order valence-corrected chi connectivity index (χ1v) is 7.67. The molecule has 1 aromatic heterocycles. The number of amides is 1. The number of hydrogen-bond donors (Lipinski definition) is 0. The topological polar surface area (TPSA) is 34.4 Å². The number of nitrogens with zero attached hydrogens (tertiary/aromatic N) is 2. The van der Waals surface area contributed by atoms with Gasteiger partial charge in [-0.1, -0.05) is 27.3 Å². The normalized spacial score (nSPS) is 16.4. The van der Waals surface area contributed by atoms with Gasteiger partial charge in [0.15, 0.2) is 4.80 Å². The van der Waals surface area contributed by atoms with E-state index < -0.39 is 0 Å². The average Bonchev–Trinajstić information content (AvgIpc) is 3.12. The lowest BCUT2D eigenvalue weighted by Gasteiger charge is -1.99. The minimum absolute atomic E-state index is 0.0443. The average molecular weight is 325 g/mol. The van der Waals surface area contributed by atoms with E-state index in [2.05, 4.69) is 44.5 Å². The van der Waals surface area contributed by atoms with Gasteiger partial charge in [-0.05, 0) is 38.0 Å². The number of rotatable bonds is 2. The Kier molecular flexibility index (Phi) is 3.11. The van der Waals surface area contributed by atoms with Crippen LogP contribution in [0.3, 0.4) is 0 Å². The van der Waals surface area contributed by atoms with Crippen LogP contribution in [0.2, 0.25) is 0 Å². The summed E-state index contributed by atoms with van der Waals surface area (Å²) in [7, 11) is 0. The van der Waals surface area contributed by atoms with Crippen LogP contribution in [0.5, 0.6) is 0 Å². The molecule has 0 bridgehead atoms. The lowest BCUT2D eigenvalue weighted by molar-refractivity contribution is -0.119. The third-order valence-corrected chi connectivity index (χ3v) is 4.63. The Morgan fingerprint density at radius 3 is 3.00 bits per heavy atom. The molecule has 0 saturated heterocycles. The van der Waals surface area contributed by atoms with Gasteiger partial charge in [0.2, 0.25) is 0 Å². The van der Waals surface area contributed by atoms with Crippen molar-refractivity contribution in [2.24, 2.45) is 10.9 Å². The van der Waals surface area contributed by atoms with Gasteiger partial charge >= 0.3 is 0 Å². The van der Waals surface area contributed by atoms with E-state index in [1.54, 1.807) is 11.3 Å². The summed E-state index contributed by atoms with van der Waals surface area (Å²) >= 11 is 5.05. The number of fused-ring (bicyclic) bond motifs is 1. The molecule has 1 fully saturated rings. The molecule has 0 unspecified atom stereocenters. The lowest BCUT2D eigenvalue weighted by atomic mass is 10.3. The molecule has 2 aromatic rings. The van der Waals surface area contributed by atoms with Gasteiger partial charge < -0.3 is 4.57 Å². The zero-order valence-corrected chi connectivity index (χ0v) is 12.4. The van der Waals surface area contributed by atoms with Crippen molar-refractivity contribution < 1.29 is 4.79 Å². The van der Waals surface area contributed by atoms with E-state index in [-0.39, 0.29) is 11.8 Å². The van der Waals surface area contributed by atoms with Crippen LogP contribution in [0, 0.1) is 5.92 Å². The van der Waals surface area contributed by atoms with E-state index in [0.717, 1.165) is 38.9 Å². The summed E-state index contributed by atoms with van der Waals surface area (Å²) in [6.07, 6.45) is 2.01. The highest BCUT2D eigenvalue weighted by atomic mass is 79.9. The number of halogens is 1. The number of aryl methyl sites for hydroxylation is 1. The molecule has 0 N–H and O–H groups in total. The summed E-state index contributed by atoms with van der Waals surface area (Å²) in [4.78, 5) is 16.9. The van der Waals surface area contributed by atoms with Gasteiger partial charge in [-0.15, -0.1) is 0 Å². The van der Waals surface area contributed by atoms with Crippen LogP contribution < -0.4 is 4.80 Å². The summed E-state index contributed by atoms with van der Waals surface area (Å²) in [5, 5.41) is 0. The Morgan fingerprint density at radius 2 is 2.33 bits per heavy atom. The molecule has 94 valence electrons. The van der Waals surface area contributed by atoms with Crippen LogP contribution in [-0.2, 0) is 11.3 Å². The van der Waals surface area contributed by atoms with Crippen molar-refractivity contribution in [3.8, 4) is 0 Å². The zero-order chi connectivity index (χ0) is 12.7. The summed E-state index contributed by atoms with van der Waals surface area (Å²) in [5.41, 5.74) is 1.15. The van der Waals surface area contributed by atoms with Crippen LogP contribution in [0.15, 0.2) is 27.7 Å². The van der Waals surface area contributed by atoms with Gasteiger partial charge in [0.1, 0.15) is 0 Å². The van der Waals surface area contributed by atoms with E-state index in [4.69, 9.17) is 0 Å². The van der Waals surface area contributed by atoms with Gasteiger partial charge in [-0.2, -0.15) is 4.99 Å². The van der Waals surface area contributed by atoms with Crippen molar-refractivity contribution in [1.29, 1.82) is 0 Å². The van der Waals surface area contributed by atoms with Crippen LogP contribution in [0.25, 0.3) is 10.2 Å². The number of carbonyl (C=O) groups excluding carboxylic acids is 1. The predicted octanol–water partition coefficient (Wildman–Crippen LogP) is 3.32. The first kappa shape index (κ1) is 12.1. The number of benzene rings is 1. The van der Waals surface area contributed by atoms with Crippen molar-refractivity contribution in [3.05, 3.63) is 27.5 Å². The van der Waals surface area contributed by atoms with Gasteiger partial charge in [-0.25, -0.2) is 0 Å². The van der Waals surface area contributed by atoms with E-state index in [9.17, 15) is 4.79 Å². The summed E-state index contributed by atoms with van der Waals surface area (Å²) in [6.45, 7) is 2.91. The predicted molar refractivity (Wildman–Crippen MR) is 76.5 cm³/mol. The highest BCUT2D eigenvalue weighted by molar-refractivity contribution is 9.10. The molecule has 0 atom stereocenters. The first-order chi connectivity index (χ1) is 8.69. The molecular formula is C13H13BrN2OS. The molecule has 1 aliphatic carbocycles. The Balaban J connectivity index is 2.18. The first-order valence-electron chi connectivity index (χ1n) is 6.06. The quantitative estimate of drug-likeness (QED) is 0.834. The van der Waals surface area contributed by atoms with Crippen molar-refractivity contribution >= 4 is 43.4 Å². The van der Waals surface area contributed by atoms with Gasteiger partial charge in [-0.3, -0.25) is 4.79 Å². The fourth-order valence-electron chi connectivity index (χ4n) is 1.95. The van der Waals surface area contributed by atoms with Crippen LogP contribution >= 0.6 is 27.3 Å². The molecule has 1 saturated carbocycles. The smallest absolute Gasteiger partial charge is 0.251 e. The maximum atomic E-state index is 11.8. The number of thiazole rings is 1. The number of aromatic nitrogens is 1. The fraction of sp³-hybridized carbons (Fsp3) is 0.385. The Morgan fingerprint density at radius 1 is 1.56 bits per heavy atom. The standard InChI is InChI=1S/C13H13BrN2OS/c1-2-16-10-6-5-9(14)7-11(10)18-13(16)15-12(17)8-3-4-8/h5-8H,2-4H2,1H3. The Labute approximate surface area is 117 Å². The molecule has 5 heteroatoms. The summed E-state index contributed by atoms with van der Waals surface area (Å²) in [5.74, 6) is 0.232. The van der Waals surface area contributed by atoms with Crippen LogP contribution in [0.4, 0.5) is 0 Å². The van der Waals surface area contributed by atoms with Crippen molar-refractivity contribution in [2.75, 3.05) is 0 Å². The van der Waals surface area contributed by atoms with Gasteiger partial charge in [0, 0.05) is 16.9 Å². The second-order valence-corrected chi connectivity index (χ2v) is 6.39. The SMILES string of the molecule is CCn1c(=NC(=O)C2CC2)sc2cc(Br)ccc21. The maximum Gasteiger partial charge on any atom is 0.251 e. The van der Waals surface area contributed by atoms with Crippen molar-refractivity contribution in [1.82, 2.24) is 4.57 Å². The lowest BCUT2D eigenvalue weighted by Crippen LogP contribution is -2.16. The highest BCUT2D eigenvalue weighted by Gasteiger charge is 2.29. The molecule has 18 heavy (non-hydrogen) atoms. The monoisotopic (exact) mass is 324 g/mol. The third kappa shape index (κ3) is 2.17. The van der Waals surface area contributed by atoms with Crippen molar-refractivity contribution in [3.63, 3.8) is 0 Å². The van der Waals surface area contributed by atoms with Crippen molar-refractivity contribution in [2.45, 2.75) is 26.3 Å². The van der Waals surface area contributed by atoms with E-state index in [1.807, 2.05) is 6.07 Å². The Bertz CT molecular complexity index is 682. The largest absolute Gasteiger partial charge is 0.317 e. The molecule has 0 aliphatic heterocycles. The minimum Gasteiger partial charge on any atom is -0.317 e. The second-order valence-electron chi connectivity index (χ2n) is 4.47. The number of carbonyl (C=O) groups is 1. The van der Waals surface area contributed by atoms with E-state index in [1.165, 1.54) is 0 Å². The zero-order valence-electron chi connectivity index (χ0n) is 10.0.